The first-order valence-electron chi connectivity index (χ1n) is 10.1. The highest BCUT2D eigenvalue weighted by Crippen LogP contribution is 2.20. The third-order valence-electron chi connectivity index (χ3n) is 5.62. The van der Waals surface area contributed by atoms with Crippen molar-refractivity contribution in [1.29, 1.82) is 0 Å². The largest absolute Gasteiger partial charge is 0.497 e. The Labute approximate surface area is 172 Å². The minimum Gasteiger partial charge on any atom is -0.497 e. The predicted molar refractivity (Wildman–Crippen MR) is 111 cm³/mol. The van der Waals surface area contributed by atoms with E-state index >= 15 is 0 Å². The van der Waals surface area contributed by atoms with E-state index in [9.17, 15) is 9.59 Å². The molecule has 2 heterocycles. The van der Waals surface area contributed by atoms with Crippen molar-refractivity contribution in [2.45, 2.75) is 45.7 Å². The Morgan fingerprint density at radius 3 is 2.69 bits per heavy atom. The molecular formula is C22H30N4O3. The maximum Gasteiger partial charge on any atom is 0.253 e. The smallest absolute Gasteiger partial charge is 0.253 e. The molecule has 2 amide bonds. The minimum atomic E-state index is -0.0173. The average Bonchev–Trinajstić information content (AvgIpc) is 2.90. The number of amides is 2. The summed E-state index contributed by atoms with van der Waals surface area (Å²) in [5, 5.41) is 4.39. The fourth-order valence-electron chi connectivity index (χ4n) is 3.90. The van der Waals surface area contributed by atoms with Crippen LogP contribution in [0.5, 0.6) is 5.75 Å². The van der Waals surface area contributed by atoms with Gasteiger partial charge < -0.3 is 14.5 Å². The summed E-state index contributed by atoms with van der Waals surface area (Å²) in [5.74, 6) is 0.737. The average molecular weight is 399 g/mol. The molecule has 156 valence electrons. The number of carbonyl (C=O) groups excluding carboxylic acids is 2. The molecule has 2 aromatic rings. The van der Waals surface area contributed by atoms with E-state index in [0.717, 1.165) is 37.2 Å². The standard InChI is InChI=1S/C22H30N4O3/c1-16-13-17(2)26(23-16)15-21(27)25-11-6-8-19(10-12-25)24(3)22(28)18-7-5-9-20(14-18)29-4/h5,7,9,13-14,19H,6,8,10-12,15H2,1-4H3/t19-/m0/s1. The number of hydrogen-bond donors (Lipinski definition) is 0. The molecule has 7 nitrogen and oxygen atoms in total. The van der Waals surface area contributed by atoms with Gasteiger partial charge in [-0.05, 0) is 57.4 Å². The lowest BCUT2D eigenvalue weighted by Crippen LogP contribution is -2.39. The zero-order valence-electron chi connectivity index (χ0n) is 17.7. The van der Waals surface area contributed by atoms with Crippen molar-refractivity contribution in [2.24, 2.45) is 0 Å². The summed E-state index contributed by atoms with van der Waals surface area (Å²) in [6.45, 7) is 5.53. The summed E-state index contributed by atoms with van der Waals surface area (Å²) in [6, 6.07) is 9.31. The molecule has 1 aliphatic rings. The molecule has 1 aromatic carbocycles. The first-order chi connectivity index (χ1) is 13.9. The molecule has 1 aliphatic heterocycles. The van der Waals surface area contributed by atoms with Crippen molar-refractivity contribution in [3.8, 4) is 5.75 Å². The Hall–Kier alpha value is -2.83. The number of likely N-dealkylation sites (tertiary alicyclic amines) is 1. The molecule has 3 rings (SSSR count). The molecule has 0 unspecified atom stereocenters. The maximum absolute atomic E-state index is 12.9. The van der Waals surface area contributed by atoms with Crippen LogP contribution in [0.25, 0.3) is 0 Å². The van der Waals surface area contributed by atoms with Gasteiger partial charge in [0.1, 0.15) is 12.3 Å². The van der Waals surface area contributed by atoms with E-state index in [1.54, 1.807) is 17.9 Å². The van der Waals surface area contributed by atoms with Gasteiger partial charge in [-0.1, -0.05) is 6.07 Å². The van der Waals surface area contributed by atoms with E-state index in [1.807, 2.05) is 55.0 Å². The Morgan fingerprint density at radius 2 is 2.00 bits per heavy atom. The summed E-state index contributed by atoms with van der Waals surface area (Å²) in [7, 11) is 3.44. The van der Waals surface area contributed by atoms with Crippen LogP contribution in [0.1, 0.15) is 41.0 Å². The molecule has 0 radical (unpaired) electrons. The fourth-order valence-corrected chi connectivity index (χ4v) is 3.90. The van der Waals surface area contributed by atoms with Crippen LogP contribution in [0.3, 0.4) is 0 Å². The van der Waals surface area contributed by atoms with Gasteiger partial charge in [0.05, 0.1) is 12.8 Å². The lowest BCUT2D eigenvalue weighted by molar-refractivity contribution is -0.132. The van der Waals surface area contributed by atoms with Gasteiger partial charge in [-0.2, -0.15) is 5.10 Å². The summed E-state index contributed by atoms with van der Waals surface area (Å²) < 4.78 is 6.99. The lowest BCUT2D eigenvalue weighted by atomic mass is 10.1. The van der Waals surface area contributed by atoms with Gasteiger partial charge in [0.15, 0.2) is 0 Å². The van der Waals surface area contributed by atoms with Crippen molar-refractivity contribution >= 4 is 11.8 Å². The van der Waals surface area contributed by atoms with Crippen molar-refractivity contribution in [2.75, 3.05) is 27.2 Å². The SMILES string of the molecule is COc1cccc(C(=O)N(C)[C@H]2CCCN(C(=O)Cn3nc(C)cc3C)CC2)c1. The highest BCUT2D eigenvalue weighted by Gasteiger charge is 2.26. The van der Waals surface area contributed by atoms with Gasteiger partial charge in [0.25, 0.3) is 5.91 Å². The van der Waals surface area contributed by atoms with Gasteiger partial charge >= 0.3 is 0 Å². The second kappa shape index (κ2) is 9.11. The summed E-state index contributed by atoms with van der Waals surface area (Å²) in [6.07, 6.45) is 2.54. The normalized spacial score (nSPS) is 17.0. The predicted octanol–water partition coefficient (Wildman–Crippen LogP) is 2.66. The van der Waals surface area contributed by atoms with Crippen LogP contribution in [0.15, 0.2) is 30.3 Å². The highest BCUT2D eigenvalue weighted by atomic mass is 16.5. The number of carbonyl (C=O) groups is 2. The number of benzene rings is 1. The zero-order chi connectivity index (χ0) is 21.0. The summed E-state index contributed by atoms with van der Waals surface area (Å²) in [4.78, 5) is 29.4. The van der Waals surface area contributed by atoms with Gasteiger partial charge in [-0.3, -0.25) is 14.3 Å². The van der Waals surface area contributed by atoms with Crippen molar-refractivity contribution in [1.82, 2.24) is 19.6 Å². The molecule has 0 N–H and O–H groups in total. The van der Waals surface area contributed by atoms with Crippen molar-refractivity contribution < 1.29 is 14.3 Å². The lowest BCUT2D eigenvalue weighted by Gasteiger charge is -2.27. The molecule has 0 saturated carbocycles. The number of ether oxygens (including phenoxy) is 1. The highest BCUT2D eigenvalue weighted by molar-refractivity contribution is 5.94. The van der Waals surface area contributed by atoms with Crippen LogP contribution in [-0.2, 0) is 11.3 Å². The Balaban J connectivity index is 1.60. The first-order valence-corrected chi connectivity index (χ1v) is 10.1. The molecule has 29 heavy (non-hydrogen) atoms. The van der Waals surface area contributed by atoms with Gasteiger partial charge in [0.2, 0.25) is 5.91 Å². The summed E-state index contributed by atoms with van der Waals surface area (Å²) in [5.41, 5.74) is 2.53. The number of aryl methyl sites for hydroxylation is 2. The number of aromatic nitrogens is 2. The maximum atomic E-state index is 12.9. The first kappa shape index (κ1) is 20.9. The van der Waals surface area contributed by atoms with Crippen LogP contribution in [0.2, 0.25) is 0 Å². The van der Waals surface area contributed by atoms with Crippen LogP contribution >= 0.6 is 0 Å². The molecular weight excluding hydrogens is 368 g/mol. The van der Waals surface area contributed by atoms with Crippen molar-refractivity contribution in [3.63, 3.8) is 0 Å². The van der Waals surface area contributed by atoms with Crippen LogP contribution in [-0.4, -0.2) is 64.7 Å². The third kappa shape index (κ3) is 4.96. The molecule has 0 spiro atoms. The number of nitrogens with zero attached hydrogens (tertiary/aromatic N) is 4. The minimum absolute atomic E-state index is 0.0173. The second-order valence-electron chi connectivity index (χ2n) is 7.70. The quantitative estimate of drug-likeness (QED) is 0.777. The molecule has 1 saturated heterocycles. The van der Waals surface area contributed by atoms with Crippen LogP contribution in [0, 0.1) is 13.8 Å². The molecule has 0 bridgehead atoms. The molecule has 1 fully saturated rings. The third-order valence-corrected chi connectivity index (χ3v) is 5.62. The number of rotatable bonds is 5. The van der Waals surface area contributed by atoms with Crippen molar-refractivity contribution in [3.05, 3.63) is 47.3 Å². The molecule has 1 atom stereocenters. The van der Waals surface area contributed by atoms with E-state index in [2.05, 4.69) is 5.10 Å². The molecule has 7 heteroatoms. The van der Waals surface area contributed by atoms with Crippen LogP contribution < -0.4 is 4.74 Å². The van der Waals surface area contributed by atoms with Gasteiger partial charge in [-0.15, -0.1) is 0 Å². The topological polar surface area (TPSA) is 67.7 Å². The van der Waals surface area contributed by atoms with E-state index in [-0.39, 0.29) is 24.4 Å². The second-order valence-corrected chi connectivity index (χ2v) is 7.70. The van der Waals surface area contributed by atoms with E-state index in [1.165, 1.54) is 0 Å². The Bertz CT molecular complexity index is 877. The number of hydrogen-bond acceptors (Lipinski definition) is 4. The van der Waals surface area contributed by atoms with E-state index < -0.39 is 0 Å². The van der Waals surface area contributed by atoms with E-state index in [4.69, 9.17) is 4.74 Å². The fraction of sp³-hybridized carbons (Fsp3) is 0.500. The molecule has 0 aliphatic carbocycles. The monoisotopic (exact) mass is 398 g/mol. The zero-order valence-corrected chi connectivity index (χ0v) is 17.7. The van der Waals surface area contributed by atoms with E-state index in [0.29, 0.717) is 17.9 Å². The Morgan fingerprint density at radius 1 is 1.21 bits per heavy atom. The molecule has 1 aromatic heterocycles. The van der Waals surface area contributed by atoms with Gasteiger partial charge in [0, 0.05) is 37.4 Å². The number of methoxy groups -OCH3 is 1. The van der Waals surface area contributed by atoms with Gasteiger partial charge in [-0.25, -0.2) is 0 Å². The Kier molecular flexibility index (Phi) is 6.56. The van der Waals surface area contributed by atoms with Crippen LogP contribution in [0.4, 0.5) is 0 Å². The summed E-state index contributed by atoms with van der Waals surface area (Å²) >= 11 is 0.